The molecule has 6 nitrogen and oxygen atoms in total. The Labute approximate surface area is 185 Å². The van der Waals surface area contributed by atoms with Crippen LogP contribution < -0.4 is 5.32 Å². The second kappa shape index (κ2) is 9.92. The fourth-order valence-electron chi connectivity index (χ4n) is 4.81. The van der Waals surface area contributed by atoms with Gasteiger partial charge in [0.1, 0.15) is 0 Å². The lowest BCUT2D eigenvalue weighted by molar-refractivity contribution is -0.117. The van der Waals surface area contributed by atoms with E-state index in [9.17, 15) is 13.2 Å². The summed E-state index contributed by atoms with van der Waals surface area (Å²) in [6.07, 6.45) is 12.6. The number of carbonyl (C=O) groups excluding carboxylic acids is 1. The minimum absolute atomic E-state index is 0.00943. The molecule has 1 aromatic heterocycles. The van der Waals surface area contributed by atoms with Crippen LogP contribution in [0.1, 0.15) is 69.4 Å². The molecular weight excluding hydrogens is 410 g/mol. The van der Waals surface area contributed by atoms with E-state index in [4.69, 9.17) is 0 Å². The maximum atomic E-state index is 13.4. The lowest BCUT2D eigenvalue weighted by atomic mass is 9.87. The highest BCUT2D eigenvalue weighted by molar-refractivity contribution is 7.89. The van der Waals surface area contributed by atoms with E-state index >= 15 is 0 Å². The van der Waals surface area contributed by atoms with E-state index in [1.165, 1.54) is 19.3 Å². The lowest BCUT2D eigenvalue weighted by Crippen LogP contribution is -2.38. The molecule has 2 aromatic rings. The minimum atomic E-state index is -3.63. The van der Waals surface area contributed by atoms with Crippen molar-refractivity contribution in [3.05, 3.63) is 54.4 Å². The van der Waals surface area contributed by atoms with Gasteiger partial charge in [-0.2, -0.15) is 4.31 Å². The number of hydrogen-bond donors (Lipinski definition) is 1. The third kappa shape index (κ3) is 5.33. The van der Waals surface area contributed by atoms with E-state index in [-0.39, 0.29) is 16.8 Å². The van der Waals surface area contributed by atoms with Crippen molar-refractivity contribution in [2.45, 2.75) is 68.7 Å². The van der Waals surface area contributed by atoms with Crippen LogP contribution in [0.25, 0.3) is 0 Å². The zero-order chi connectivity index (χ0) is 21.7. The minimum Gasteiger partial charge on any atom is -0.326 e. The number of nitrogens with one attached hydrogen (secondary N) is 1. The maximum Gasteiger partial charge on any atom is 0.243 e. The Morgan fingerprint density at radius 1 is 1.00 bits per heavy atom. The molecule has 2 aliphatic rings. The van der Waals surface area contributed by atoms with Crippen molar-refractivity contribution in [1.82, 2.24) is 9.29 Å². The number of anilines is 1. The number of benzene rings is 1. The van der Waals surface area contributed by atoms with Crippen LogP contribution in [0.5, 0.6) is 0 Å². The summed E-state index contributed by atoms with van der Waals surface area (Å²) in [5, 5.41) is 2.93. The van der Waals surface area contributed by atoms with Crippen molar-refractivity contribution in [3.8, 4) is 0 Å². The molecule has 1 amide bonds. The molecule has 1 aliphatic heterocycles. The molecule has 4 rings (SSSR count). The number of rotatable bonds is 6. The summed E-state index contributed by atoms with van der Waals surface area (Å²) in [6, 6.07) is 10.2. The summed E-state index contributed by atoms with van der Waals surface area (Å²) in [5.74, 6) is 0.479. The van der Waals surface area contributed by atoms with E-state index in [0.29, 0.717) is 24.6 Å². The standard InChI is InChI=1S/C24H31N3O3S/c28-24(17-19-7-2-1-3-8-19)26-21-11-13-22(14-12-21)31(29,30)27-16-5-4-10-23(27)20-9-6-15-25-18-20/h6,9,11-15,18-19,23H,1-5,7-8,10,16-17H2,(H,26,28). The zero-order valence-corrected chi connectivity index (χ0v) is 18.7. The Hall–Kier alpha value is -2.25. The Morgan fingerprint density at radius 3 is 2.45 bits per heavy atom. The molecule has 1 saturated heterocycles. The number of pyridine rings is 1. The van der Waals surface area contributed by atoms with Gasteiger partial charge in [-0.3, -0.25) is 9.78 Å². The molecule has 1 N–H and O–H groups in total. The van der Waals surface area contributed by atoms with E-state index < -0.39 is 10.0 Å². The number of aromatic nitrogens is 1. The van der Waals surface area contributed by atoms with E-state index in [2.05, 4.69) is 10.3 Å². The van der Waals surface area contributed by atoms with Gasteiger partial charge in [0, 0.05) is 31.0 Å². The number of carbonyl (C=O) groups is 1. The van der Waals surface area contributed by atoms with Gasteiger partial charge >= 0.3 is 0 Å². The molecule has 0 radical (unpaired) electrons. The quantitative estimate of drug-likeness (QED) is 0.691. The average molecular weight is 442 g/mol. The third-order valence-electron chi connectivity index (χ3n) is 6.47. The van der Waals surface area contributed by atoms with Crippen LogP contribution in [0, 0.1) is 5.92 Å². The van der Waals surface area contributed by atoms with Crippen molar-refractivity contribution in [1.29, 1.82) is 0 Å². The first-order chi connectivity index (χ1) is 15.0. The van der Waals surface area contributed by atoms with Crippen LogP contribution in [0.4, 0.5) is 5.69 Å². The maximum absolute atomic E-state index is 13.4. The van der Waals surface area contributed by atoms with Gasteiger partial charge in [-0.1, -0.05) is 31.7 Å². The van der Waals surface area contributed by atoms with E-state index in [1.54, 1.807) is 41.0 Å². The lowest BCUT2D eigenvalue weighted by Gasteiger charge is -2.34. The zero-order valence-electron chi connectivity index (χ0n) is 17.9. The smallest absolute Gasteiger partial charge is 0.243 e. The molecule has 166 valence electrons. The van der Waals surface area contributed by atoms with Crippen molar-refractivity contribution < 1.29 is 13.2 Å². The van der Waals surface area contributed by atoms with Crippen LogP contribution in [0.3, 0.4) is 0 Å². The number of piperidine rings is 1. The summed E-state index contributed by atoms with van der Waals surface area (Å²) >= 11 is 0. The normalized spacial score (nSPS) is 21.0. The van der Waals surface area contributed by atoms with Crippen molar-refractivity contribution >= 4 is 21.6 Å². The van der Waals surface area contributed by atoms with Gasteiger partial charge in [0.2, 0.25) is 15.9 Å². The monoisotopic (exact) mass is 441 g/mol. The molecule has 1 aromatic carbocycles. The van der Waals surface area contributed by atoms with Gasteiger partial charge in [-0.25, -0.2) is 8.42 Å². The van der Waals surface area contributed by atoms with Gasteiger partial charge in [0.15, 0.2) is 0 Å². The van der Waals surface area contributed by atoms with Gasteiger partial charge in [-0.15, -0.1) is 0 Å². The van der Waals surface area contributed by atoms with Gasteiger partial charge in [-0.05, 0) is 67.5 Å². The predicted octanol–water partition coefficient (Wildman–Crippen LogP) is 4.91. The topological polar surface area (TPSA) is 79.4 Å². The molecule has 2 heterocycles. The molecule has 1 atom stereocenters. The second-order valence-corrected chi connectivity index (χ2v) is 10.6. The van der Waals surface area contributed by atoms with Crippen LogP contribution in [0.15, 0.2) is 53.7 Å². The second-order valence-electron chi connectivity index (χ2n) is 8.69. The summed E-state index contributed by atoms with van der Waals surface area (Å²) in [5.41, 5.74) is 1.57. The molecule has 0 bridgehead atoms. The predicted molar refractivity (Wildman–Crippen MR) is 121 cm³/mol. The van der Waals surface area contributed by atoms with Crippen LogP contribution in [-0.4, -0.2) is 30.2 Å². The highest BCUT2D eigenvalue weighted by Crippen LogP contribution is 2.35. The molecule has 7 heteroatoms. The van der Waals surface area contributed by atoms with Crippen molar-refractivity contribution in [3.63, 3.8) is 0 Å². The molecule has 1 unspecified atom stereocenters. The molecule has 0 spiro atoms. The molecule has 1 aliphatic carbocycles. The Morgan fingerprint density at radius 2 is 1.74 bits per heavy atom. The van der Waals surface area contributed by atoms with E-state index in [0.717, 1.165) is 37.7 Å². The summed E-state index contributed by atoms with van der Waals surface area (Å²) in [4.78, 5) is 16.8. The molecule has 2 fully saturated rings. The summed E-state index contributed by atoms with van der Waals surface area (Å²) in [6.45, 7) is 0.502. The highest BCUT2D eigenvalue weighted by atomic mass is 32.2. The fourth-order valence-corrected chi connectivity index (χ4v) is 6.49. The first-order valence-corrected chi connectivity index (χ1v) is 12.8. The molecule has 1 saturated carbocycles. The fraction of sp³-hybridized carbons (Fsp3) is 0.500. The number of amides is 1. The highest BCUT2D eigenvalue weighted by Gasteiger charge is 2.34. The molecule has 31 heavy (non-hydrogen) atoms. The van der Waals surface area contributed by atoms with Gasteiger partial charge < -0.3 is 5.32 Å². The molecular formula is C24H31N3O3S. The largest absolute Gasteiger partial charge is 0.326 e. The van der Waals surface area contributed by atoms with Crippen LogP contribution >= 0.6 is 0 Å². The van der Waals surface area contributed by atoms with Gasteiger partial charge in [0.25, 0.3) is 0 Å². The number of hydrogen-bond acceptors (Lipinski definition) is 4. The van der Waals surface area contributed by atoms with E-state index in [1.807, 2.05) is 12.1 Å². The number of nitrogens with zero attached hydrogens (tertiary/aromatic N) is 2. The Balaban J connectivity index is 1.45. The number of sulfonamides is 1. The van der Waals surface area contributed by atoms with Crippen LogP contribution in [-0.2, 0) is 14.8 Å². The van der Waals surface area contributed by atoms with Crippen molar-refractivity contribution in [2.75, 3.05) is 11.9 Å². The first kappa shape index (κ1) is 22.0. The van der Waals surface area contributed by atoms with Crippen LogP contribution in [0.2, 0.25) is 0 Å². The average Bonchev–Trinajstić information content (AvgIpc) is 2.80. The summed E-state index contributed by atoms with van der Waals surface area (Å²) in [7, 11) is -3.63. The SMILES string of the molecule is O=C(CC1CCCCC1)Nc1ccc(S(=O)(=O)N2CCCCC2c2cccnc2)cc1. The first-order valence-electron chi connectivity index (χ1n) is 11.4. The Kier molecular flexibility index (Phi) is 7.02. The van der Waals surface area contributed by atoms with Gasteiger partial charge in [0.05, 0.1) is 10.9 Å². The summed E-state index contributed by atoms with van der Waals surface area (Å²) < 4.78 is 28.4. The third-order valence-corrected chi connectivity index (χ3v) is 8.39. The Bertz CT molecular complexity index is 971. The van der Waals surface area contributed by atoms with Crippen molar-refractivity contribution in [2.24, 2.45) is 5.92 Å².